The molecule has 0 rings (SSSR count). The summed E-state index contributed by atoms with van der Waals surface area (Å²) in [6, 6.07) is 2.00. The Morgan fingerprint density at radius 3 is 2.62 bits per heavy atom. The van der Waals surface area contributed by atoms with E-state index in [1.807, 2.05) is 6.07 Å². The molecule has 0 aromatic carbocycles. The van der Waals surface area contributed by atoms with Gasteiger partial charge in [0.2, 0.25) is 0 Å². The van der Waals surface area contributed by atoms with E-state index in [9.17, 15) is 0 Å². The summed E-state index contributed by atoms with van der Waals surface area (Å²) in [5, 5.41) is 7.98. The Balaban J connectivity index is 0. The van der Waals surface area contributed by atoms with Gasteiger partial charge >= 0.3 is 0 Å². The van der Waals surface area contributed by atoms with Crippen LogP contribution in [0.3, 0.4) is 0 Å². The van der Waals surface area contributed by atoms with Gasteiger partial charge < -0.3 is 0 Å². The van der Waals surface area contributed by atoms with Crippen molar-refractivity contribution in [2.75, 3.05) is 13.6 Å². The van der Waals surface area contributed by atoms with E-state index in [1.54, 1.807) is 7.05 Å². The molecule has 0 fully saturated rings. The molecule has 3 nitrogen and oxygen atoms in total. The summed E-state index contributed by atoms with van der Waals surface area (Å²) in [5.74, 6) is 0. The number of nitrogens with zero attached hydrogens (tertiary/aromatic N) is 1. The molecule has 0 aliphatic rings. The van der Waals surface area contributed by atoms with Crippen LogP contribution >= 0.6 is 0 Å². The van der Waals surface area contributed by atoms with Crippen molar-refractivity contribution >= 4 is 0 Å². The average Bonchev–Trinajstić information content (AvgIpc) is 1.69. The first-order valence-electron chi connectivity index (χ1n) is 2.18. The van der Waals surface area contributed by atoms with Crippen molar-refractivity contribution in [2.45, 2.75) is 13.8 Å². The molecule has 48 valence electrons. The highest BCUT2D eigenvalue weighted by atomic mass is 15.3. The number of hydrogen-bond donors (Lipinski definition) is 2. The quantitative estimate of drug-likeness (QED) is 0.409. The van der Waals surface area contributed by atoms with Crippen LogP contribution in [0.1, 0.15) is 13.8 Å². The molecule has 3 heteroatoms. The van der Waals surface area contributed by atoms with Gasteiger partial charge in [0.25, 0.3) is 0 Å². The van der Waals surface area contributed by atoms with Crippen LogP contribution < -0.4 is 10.9 Å². The summed E-state index contributed by atoms with van der Waals surface area (Å²) in [6.45, 7) is 0.715. The van der Waals surface area contributed by atoms with Gasteiger partial charge in [-0.15, -0.1) is 0 Å². The molecule has 0 heterocycles. The van der Waals surface area contributed by atoms with Crippen molar-refractivity contribution < 1.29 is 0 Å². The van der Waals surface area contributed by atoms with Crippen LogP contribution in [0.25, 0.3) is 0 Å². The summed E-state index contributed by atoms with van der Waals surface area (Å²) in [4.78, 5) is 0. The topological polar surface area (TPSA) is 47.8 Å². The Labute approximate surface area is 50.7 Å². The number of hydrogen-bond acceptors (Lipinski definition) is 3. The second kappa shape index (κ2) is 9.65. The van der Waals surface area contributed by atoms with Crippen molar-refractivity contribution in [3.05, 3.63) is 0 Å². The fourth-order valence-corrected chi connectivity index (χ4v) is 0.243. The second-order valence-electron chi connectivity index (χ2n) is 1.08. The molecule has 0 atom stereocenters. The standard InChI is InChI=1S/C4H9N3.CH4/c1-6-7-4-2-3-5;/h6-7H,2,4H2,1H3;1H4. The van der Waals surface area contributed by atoms with Gasteiger partial charge in [-0.25, -0.2) is 0 Å². The van der Waals surface area contributed by atoms with E-state index in [0.717, 1.165) is 0 Å². The van der Waals surface area contributed by atoms with Crippen LogP contribution in [0, 0.1) is 11.3 Å². The van der Waals surface area contributed by atoms with Crippen molar-refractivity contribution in [1.29, 1.82) is 5.26 Å². The summed E-state index contributed by atoms with van der Waals surface area (Å²) >= 11 is 0. The van der Waals surface area contributed by atoms with Gasteiger partial charge in [0, 0.05) is 13.0 Å². The fourth-order valence-electron chi connectivity index (χ4n) is 0.243. The Morgan fingerprint density at radius 2 is 2.25 bits per heavy atom. The van der Waals surface area contributed by atoms with Crippen LogP contribution in [0.5, 0.6) is 0 Å². The fraction of sp³-hybridized carbons (Fsp3) is 0.800. The Kier molecular flexibility index (Phi) is 12.5. The third kappa shape index (κ3) is 9.05. The molecule has 0 bridgehead atoms. The molecular weight excluding hydrogens is 102 g/mol. The largest absolute Gasteiger partial charge is 0.261 e. The maximum Gasteiger partial charge on any atom is 0.0635 e. The van der Waals surface area contributed by atoms with E-state index in [4.69, 9.17) is 5.26 Å². The molecule has 0 saturated carbocycles. The van der Waals surface area contributed by atoms with E-state index in [-0.39, 0.29) is 7.43 Å². The van der Waals surface area contributed by atoms with Crippen molar-refractivity contribution in [3.8, 4) is 6.07 Å². The van der Waals surface area contributed by atoms with Crippen LogP contribution in [-0.2, 0) is 0 Å². The highest BCUT2D eigenvalue weighted by molar-refractivity contribution is 4.68. The van der Waals surface area contributed by atoms with Gasteiger partial charge in [0.1, 0.15) is 0 Å². The molecular formula is C5H13N3. The summed E-state index contributed by atoms with van der Waals surface area (Å²) in [5.41, 5.74) is 5.48. The molecule has 0 spiro atoms. The molecule has 0 aliphatic heterocycles. The van der Waals surface area contributed by atoms with E-state index in [0.29, 0.717) is 13.0 Å². The van der Waals surface area contributed by atoms with E-state index in [2.05, 4.69) is 10.9 Å². The van der Waals surface area contributed by atoms with E-state index >= 15 is 0 Å². The lowest BCUT2D eigenvalue weighted by Gasteiger charge is -1.93. The van der Waals surface area contributed by atoms with Crippen LogP contribution in [0.2, 0.25) is 0 Å². The highest BCUT2D eigenvalue weighted by Crippen LogP contribution is 1.63. The van der Waals surface area contributed by atoms with Gasteiger partial charge in [0.05, 0.1) is 6.07 Å². The third-order valence-corrected chi connectivity index (χ3v) is 0.539. The SMILES string of the molecule is C.CNNCCC#N. The molecule has 0 amide bonds. The lowest BCUT2D eigenvalue weighted by Crippen LogP contribution is -2.27. The molecule has 0 aromatic heterocycles. The summed E-state index contributed by atoms with van der Waals surface area (Å²) in [6.07, 6.45) is 0.556. The molecule has 0 unspecified atom stereocenters. The van der Waals surface area contributed by atoms with Gasteiger partial charge in [-0.1, -0.05) is 7.43 Å². The van der Waals surface area contributed by atoms with Crippen LogP contribution in [-0.4, -0.2) is 13.6 Å². The van der Waals surface area contributed by atoms with Crippen molar-refractivity contribution in [2.24, 2.45) is 0 Å². The zero-order chi connectivity index (χ0) is 5.54. The highest BCUT2D eigenvalue weighted by Gasteiger charge is 1.75. The molecule has 2 N–H and O–H groups in total. The number of nitrogens with one attached hydrogen (secondary N) is 2. The van der Waals surface area contributed by atoms with Crippen LogP contribution in [0.4, 0.5) is 0 Å². The van der Waals surface area contributed by atoms with Gasteiger partial charge in [-0.3, -0.25) is 10.9 Å². The summed E-state index contributed by atoms with van der Waals surface area (Å²) in [7, 11) is 1.78. The lowest BCUT2D eigenvalue weighted by atomic mass is 10.5. The minimum absolute atomic E-state index is 0. The molecule has 0 aromatic rings. The molecule has 0 radical (unpaired) electrons. The molecule has 0 aliphatic carbocycles. The smallest absolute Gasteiger partial charge is 0.0635 e. The number of hydrazine groups is 1. The van der Waals surface area contributed by atoms with Crippen LogP contribution in [0.15, 0.2) is 0 Å². The minimum Gasteiger partial charge on any atom is -0.261 e. The number of nitriles is 1. The first-order chi connectivity index (χ1) is 3.41. The lowest BCUT2D eigenvalue weighted by molar-refractivity contribution is 0.605. The Hall–Kier alpha value is -0.590. The first-order valence-corrected chi connectivity index (χ1v) is 2.18. The normalized spacial score (nSPS) is 7.00. The van der Waals surface area contributed by atoms with E-state index in [1.165, 1.54) is 0 Å². The van der Waals surface area contributed by atoms with Gasteiger partial charge in [-0.05, 0) is 7.05 Å². The average molecular weight is 115 g/mol. The van der Waals surface area contributed by atoms with Gasteiger partial charge in [0.15, 0.2) is 0 Å². The maximum absolute atomic E-state index is 7.98. The predicted molar refractivity (Wildman–Crippen MR) is 34.0 cm³/mol. The summed E-state index contributed by atoms with van der Waals surface area (Å²) < 4.78 is 0. The maximum atomic E-state index is 7.98. The molecule has 8 heavy (non-hydrogen) atoms. The Bertz CT molecular complexity index is 64.6. The third-order valence-electron chi connectivity index (χ3n) is 0.539. The molecule has 0 saturated heterocycles. The van der Waals surface area contributed by atoms with Gasteiger partial charge in [-0.2, -0.15) is 5.26 Å². The number of rotatable bonds is 3. The zero-order valence-electron chi connectivity index (χ0n) is 4.36. The Morgan fingerprint density at radius 1 is 1.62 bits per heavy atom. The van der Waals surface area contributed by atoms with Crippen molar-refractivity contribution in [1.82, 2.24) is 10.9 Å². The minimum atomic E-state index is 0. The first kappa shape index (κ1) is 10.4. The van der Waals surface area contributed by atoms with Crippen molar-refractivity contribution in [3.63, 3.8) is 0 Å². The second-order valence-corrected chi connectivity index (χ2v) is 1.08. The van der Waals surface area contributed by atoms with E-state index < -0.39 is 0 Å². The predicted octanol–water partition coefficient (Wildman–Crippen LogP) is 0.260. The zero-order valence-corrected chi connectivity index (χ0v) is 4.36. The monoisotopic (exact) mass is 115 g/mol.